The number of rotatable bonds is 4. The van der Waals surface area contributed by atoms with Crippen molar-refractivity contribution in [3.63, 3.8) is 0 Å². The molecule has 0 spiro atoms. The molecule has 0 bridgehead atoms. The Labute approximate surface area is 115 Å². The van der Waals surface area contributed by atoms with Crippen molar-refractivity contribution >= 4 is 41.1 Å². The second kappa shape index (κ2) is 6.34. The fraction of sp³-hybridized carbons (Fsp3) is 0.364. The van der Waals surface area contributed by atoms with E-state index in [4.69, 9.17) is 40.1 Å². The molecular weight excluding hydrogens is 284 g/mol. The highest BCUT2D eigenvalue weighted by atomic mass is 35.5. The van der Waals surface area contributed by atoms with Crippen molar-refractivity contribution in [2.24, 2.45) is 0 Å². The van der Waals surface area contributed by atoms with E-state index in [1.165, 1.54) is 0 Å². The van der Waals surface area contributed by atoms with Gasteiger partial charge in [0.2, 0.25) is 0 Å². The summed E-state index contributed by atoms with van der Waals surface area (Å²) in [5.74, 6) is 0. The molecule has 0 saturated heterocycles. The maximum Gasteiger partial charge on any atom is 0.422 e. The second-order valence-corrected chi connectivity index (χ2v) is 5.03. The van der Waals surface area contributed by atoms with Crippen LogP contribution >= 0.6 is 35.0 Å². The number of halogens is 3. The molecule has 1 rings (SSSR count). The molecule has 1 N–H and O–H groups in total. The van der Waals surface area contributed by atoms with Gasteiger partial charge in [0.25, 0.3) is 0 Å². The van der Waals surface area contributed by atoms with E-state index in [1.54, 1.807) is 19.1 Å². The average molecular weight is 297 g/mol. The Balaban J connectivity index is 2.63. The molecule has 1 aromatic rings. The maximum atomic E-state index is 10.6. The Kier molecular flexibility index (Phi) is 5.37. The molecule has 0 aliphatic heterocycles. The highest BCUT2D eigenvalue weighted by Gasteiger charge is 2.21. The zero-order chi connectivity index (χ0) is 13.0. The predicted molar refractivity (Wildman–Crippen MR) is 69.8 cm³/mol. The van der Waals surface area contributed by atoms with Gasteiger partial charge in [-0.2, -0.15) is 0 Å². The van der Waals surface area contributed by atoms with Gasteiger partial charge in [-0.3, -0.25) is 0 Å². The predicted octanol–water partition coefficient (Wildman–Crippen LogP) is 4.53. The summed E-state index contributed by atoms with van der Waals surface area (Å²) >= 11 is 17.5. The number of nitrogens with zero attached hydrogens (tertiary/aromatic N) is 1. The molecule has 2 unspecified atom stereocenters. The Hall–Kier alpha value is -0.640. The molecule has 0 fully saturated rings. The minimum atomic E-state index is -1.18. The lowest BCUT2D eigenvalue weighted by atomic mass is 10.1. The van der Waals surface area contributed by atoms with Crippen LogP contribution in [0, 0.1) is 0 Å². The van der Waals surface area contributed by atoms with E-state index in [0.717, 1.165) is 9.98 Å². The van der Waals surface area contributed by atoms with Gasteiger partial charge in [0.05, 0.1) is 11.4 Å². The SMILES string of the molecule is CC(CC(Cl)c1ccc(Cl)cc1)N(Cl)C(=O)O. The summed E-state index contributed by atoms with van der Waals surface area (Å²) in [6.07, 6.45) is -0.752. The van der Waals surface area contributed by atoms with E-state index in [2.05, 4.69) is 0 Å². The lowest BCUT2D eigenvalue weighted by Crippen LogP contribution is -2.29. The number of amides is 1. The van der Waals surface area contributed by atoms with E-state index < -0.39 is 6.09 Å². The Morgan fingerprint density at radius 3 is 2.41 bits per heavy atom. The van der Waals surface area contributed by atoms with Crippen LogP contribution in [0.15, 0.2) is 24.3 Å². The van der Waals surface area contributed by atoms with Gasteiger partial charge in [-0.1, -0.05) is 23.7 Å². The lowest BCUT2D eigenvalue weighted by Gasteiger charge is -2.21. The van der Waals surface area contributed by atoms with Crippen molar-refractivity contribution in [2.45, 2.75) is 24.8 Å². The normalized spacial score (nSPS) is 14.1. The number of benzene rings is 1. The van der Waals surface area contributed by atoms with E-state index in [1.807, 2.05) is 12.1 Å². The summed E-state index contributed by atoms with van der Waals surface area (Å²) < 4.78 is 0.727. The summed E-state index contributed by atoms with van der Waals surface area (Å²) in [5.41, 5.74) is 0.887. The van der Waals surface area contributed by atoms with Crippen molar-refractivity contribution in [3.05, 3.63) is 34.9 Å². The maximum absolute atomic E-state index is 10.6. The Bertz CT molecular complexity index is 383. The fourth-order valence-electron chi connectivity index (χ4n) is 1.39. The molecule has 2 atom stereocenters. The topological polar surface area (TPSA) is 40.5 Å². The molecule has 6 heteroatoms. The zero-order valence-corrected chi connectivity index (χ0v) is 11.4. The van der Waals surface area contributed by atoms with Gasteiger partial charge < -0.3 is 5.11 Å². The third-order valence-corrected chi connectivity index (χ3v) is 3.51. The van der Waals surface area contributed by atoms with Crippen molar-refractivity contribution in [1.82, 2.24) is 4.42 Å². The highest BCUT2D eigenvalue weighted by molar-refractivity contribution is 6.30. The van der Waals surface area contributed by atoms with Crippen molar-refractivity contribution in [2.75, 3.05) is 0 Å². The number of hydrogen-bond donors (Lipinski definition) is 1. The minimum Gasteiger partial charge on any atom is -0.464 e. The van der Waals surface area contributed by atoms with Crippen LogP contribution in [0.25, 0.3) is 0 Å². The molecule has 0 radical (unpaired) electrons. The second-order valence-electron chi connectivity index (χ2n) is 3.70. The average Bonchev–Trinajstić information content (AvgIpc) is 2.28. The summed E-state index contributed by atoms with van der Waals surface area (Å²) in [7, 11) is 0. The largest absolute Gasteiger partial charge is 0.464 e. The third-order valence-electron chi connectivity index (χ3n) is 2.35. The first kappa shape index (κ1) is 14.4. The van der Waals surface area contributed by atoms with Gasteiger partial charge >= 0.3 is 6.09 Å². The fourth-order valence-corrected chi connectivity index (χ4v) is 2.00. The molecule has 0 aliphatic carbocycles. The summed E-state index contributed by atoms with van der Waals surface area (Å²) in [6.45, 7) is 1.70. The van der Waals surface area contributed by atoms with Crippen LogP contribution in [0.1, 0.15) is 24.3 Å². The molecule has 17 heavy (non-hydrogen) atoms. The van der Waals surface area contributed by atoms with E-state index >= 15 is 0 Å². The van der Waals surface area contributed by atoms with Crippen LogP contribution in [-0.2, 0) is 0 Å². The zero-order valence-electron chi connectivity index (χ0n) is 9.11. The monoisotopic (exact) mass is 295 g/mol. The summed E-state index contributed by atoms with van der Waals surface area (Å²) in [4.78, 5) is 10.6. The first-order chi connectivity index (χ1) is 7.91. The number of carboxylic acid groups (broad SMARTS) is 1. The van der Waals surface area contributed by atoms with Crippen LogP contribution in [0.5, 0.6) is 0 Å². The van der Waals surface area contributed by atoms with Crippen molar-refractivity contribution in [1.29, 1.82) is 0 Å². The van der Waals surface area contributed by atoms with Gasteiger partial charge in [0, 0.05) is 16.8 Å². The summed E-state index contributed by atoms with van der Waals surface area (Å²) in [5, 5.41) is 9.04. The quantitative estimate of drug-likeness (QED) is 0.655. The van der Waals surface area contributed by atoms with E-state index in [9.17, 15) is 4.79 Å². The Morgan fingerprint density at radius 1 is 1.41 bits per heavy atom. The molecule has 0 aliphatic rings. The highest BCUT2D eigenvalue weighted by Crippen LogP contribution is 2.28. The van der Waals surface area contributed by atoms with Crippen LogP contribution in [-0.4, -0.2) is 21.7 Å². The standard InChI is InChI=1S/C11H12Cl3NO2/c1-7(15(14)11(16)17)6-10(13)8-2-4-9(12)5-3-8/h2-5,7,10H,6H2,1H3,(H,16,17). The number of hydrogen-bond acceptors (Lipinski definition) is 1. The molecule has 0 saturated carbocycles. The smallest absolute Gasteiger partial charge is 0.422 e. The van der Waals surface area contributed by atoms with Crippen LogP contribution in [0.2, 0.25) is 5.02 Å². The first-order valence-corrected chi connectivity index (χ1v) is 6.14. The van der Waals surface area contributed by atoms with Crippen molar-refractivity contribution < 1.29 is 9.90 Å². The molecule has 94 valence electrons. The molecule has 1 aromatic carbocycles. The van der Waals surface area contributed by atoms with E-state index in [0.29, 0.717) is 11.4 Å². The van der Waals surface area contributed by atoms with Crippen LogP contribution < -0.4 is 0 Å². The number of carbonyl (C=O) groups is 1. The van der Waals surface area contributed by atoms with E-state index in [-0.39, 0.29) is 11.4 Å². The molecular formula is C11H12Cl3NO2. The number of alkyl halides is 1. The van der Waals surface area contributed by atoms with Gasteiger partial charge in [-0.05, 0) is 31.0 Å². The lowest BCUT2D eigenvalue weighted by molar-refractivity contribution is 0.162. The van der Waals surface area contributed by atoms with Gasteiger partial charge in [0.1, 0.15) is 0 Å². The molecule has 0 aromatic heterocycles. The van der Waals surface area contributed by atoms with Crippen LogP contribution in [0.4, 0.5) is 4.79 Å². The molecule has 3 nitrogen and oxygen atoms in total. The van der Waals surface area contributed by atoms with Gasteiger partial charge in [0.15, 0.2) is 0 Å². The molecule has 0 heterocycles. The summed E-state index contributed by atoms with van der Waals surface area (Å²) in [6, 6.07) is 6.74. The van der Waals surface area contributed by atoms with Gasteiger partial charge in [-0.25, -0.2) is 9.21 Å². The third kappa shape index (κ3) is 4.26. The van der Waals surface area contributed by atoms with Gasteiger partial charge in [-0.15, -0.1) is 11.6 Å². The van der Waals surface area contributed by atoms with Crippen molar-refractivity contribution in [3.8, 4) is 0 Å². The first-order valence-electron chi connectivity index (χ1n) is 4.99. The Morgan fingerprint density at radius 2 is 1.94 bits per heavy atom. The van der Waals surface area contributed by atoms with Crippen LogP contribution in [0.3, 0.4) is 0 Å². The minimum absolute atomic E-state index is 0.303. The molecule has 1 amide bonds.